The lowest BCUT2D eigenvalue weighted by Gasteiger charge is -2.03. The first-order valence-corrected chi connectivity index (χ1v) is 8.77. The first-order valence-electron chi connectivity index (χ1n) is 7.95. The molecule has 0 fully saturated rings. The Bertz CT molecular complexity index is 953. The summed E-state index contributed by atoms with van der Waals surface area (Å²) in [6, 6.07) is 13.5. The molecule has 2 aromatic carbocycles. The average Bonchev–Trinajstić information content (AvgIpc) is 2.91. The zero-order chi connectivity index (χ0) is 17.1. The lowest BCUT2D eigenvalue weighted by Crippen LogP contribution is -2.16. The SMILES string of the molecule is CCCn1c(=NC(=O)c2cccc(C)c2)sc2cc(OC)ccc21. The fraction of sp³-hybridized carbons (Fsp3) is 0.263. The number of methoxy groups -OCH3 is 1. The summed E-state index contributed by atoms with van der Waals surface area (Å²) >= 11 is 1.52. The maximum absolute atomic E-state index is 12.5. The van der Waals surface area contributed by atoms with Gasteiger partial charge in [-0.2, -0.15) is 4.99 Å². The Hall–Kier alpha value is -2.40. The number of rotatable bonds is 4. The number of fused-ring (bicyclic) bond motifs is 1. The van der Waals surface area contributed by atoms with Gasteiger partial charge in [-0.05, 0) is 43.7 Å². The van der Waals surface area contributed by atoms with Gasteiger partial charge in [0.05, 0.1) is 17.3 Å². The highest BCUT2D eigenvalue weighted by Gasteiger charge is 2.10. The molecule has 0 aliphatic rings. The van der Waals surface area contributed by atoms with Crippen LogP contribution in [0.1, 0.15) is 29.3 Å². The van der Waals surface area contributed by atoms with Crippen molar-refractivity contribution in [2.75, 3.05) is 7.11 Å². The quantitative estimate of drug-likeness (QED) is 0.715. The van der Waals surface area contributed by atoms with E-state index in [0.29, 0.717) is 5.56 Å². The molecule has 0 atom stereocenters. The number of thiazole rings is 1. The van der Waals surface area contributed by atoms with Crippen molar-refractivity contribution in [1.29, 1.82) is 0 Å². The summed E-state index contributed by atoms with van der Waals surface area (Å²) in [5, 5.41) is 0. The average molecular weight is 340 g/mol. The van der Waals surface area contributed by atoms with Gasteiger partial charge < -0.3 is 9.30 Å². The molecule has 0 saturated carbocycles. The van der Waals surface area contributed by atoms with E-state index in [1.807, 2.05) is 43.3 Å². The highest BCUT2D eigenvalue weighted by Crippen LogP contribution is 2.23. The molecule has 124 valence electrons. The predicted molar refractivity (Wildman–Crippen MR) is 97.7 cm³/mol. The molecule has 1 heterocycles. The summed E-state index contributed by atoms with van der Waals surface area (Å²) in [4.78, 5) is 17.6. The van der Waals surface area contributed by atoms with Crippen LogP contribution < -0.4 is 9.54 Å². The van der Waals surface area contributed by atoms with Crippen molar-refractivity contribution in [3.63, 3.8) is 0 Å². The van der Waals surface area contributed by atoms with Crippen LogP contribution in [0.3, 0.4) is 0 Å². The van der Waals surface area contributed by atoms with Crippen LogP contribution in [0.4, 0.5) is 0 Å². The number of hydrogen-bond donors (Lipinski definition) is 0. The lowest BCUT2D eigenvalue weighted by molar-refractivity contribution is 0.0997. The third-order valence-corrected chi connectivity index (χ3v) is 4.84. The largest absolute Gasteiger partial charge is 0.497 e. The van der Waals surface area contributed by atoms with Gasteiger partial charge in [0, 0.05) is 12.1 Å². The van der Waals surface area contributed by atoms with Gasteiger partial charge in [-0.3, -0.25) is 4.79 Å². The Kier molecular flexibility index (Phi) is 4.81. The van der Waals surface area contributed by atoms with Crippen LogP contribution in [-0.4, -0.2) is 17.6 Å². The molecule has 0 spiro atoms. The number of nitrogens with zero attached hydrogens (tertiary/aromatic N) is 2. The van der Waals surface area contributed by atoms with Crippen LogP contribution >= 0.6 is 11.3 Å². The number of amides is 1. The van der Waals surface area contributed by atoms with Crippen molar-refractivity contribution in [3.05, 3.63) is 58.4 Å². The third kappa shape index (κ3) is 3.26. The van der Waals surface area contributed by atoms with Crippen molar-refractivity contribution in [2.45, 2.75) is 26.8 Å². The van der Waals surface area contributed by atoms with Crippen LogP contribution in [0.5, 0.6) is 5.75 Å². The van der Waals surface area contributed by atoms with Crippen LogP contribution in [0, 0.1) is 6.92 Å². The molecule has 3 rings (SSSR count). The summed E-state index contributed by atoms with van der Waals surface area (Å²) < 4.78 is 8.47. The highest BCUT2D eigenvalue weighted by atomic mass is 32.1. The van der Waals surface area contributed by atoms with Gasteiger partial charge in [0.2, 0.25) is 0 Å². The van der Waals surface area contributed by atoms with Crippen LogP contribution in [0.2, 0.25) is 0 Å². The summed E-state index contributed by atoms with van der Waals surface area (Å²) in [7, 11) is 1.65. The van der Waals surface area contributed by atoms with Crippen LogP contribution in [-0.2, 0) is 6.54 Å². The minimum atomic E-state index is -0.206. The van der Waals surface area contributed by atoms with Gasteiger partial charge in [-0.1, -0.05) is 36.0 Å². The Morgan fingerprint density at radius 3 is 2.79 bits per heavy atom. The van der Waals surface area contributed by atoms with Crippen molar-refractivity contribution in [3.8, 4) is 5.75 Å². The van der Waals surface area contributed by atoms with Gasteiger partial charge in [0.25, 0.3) is 5.91 Å². The minimum absolute atomic E-state index is 0.206. The number of carbonyl (C=O) groups is 1. The zero-order valence-electron chi connectivity index (χ0n) is 14.1. The topological polar surface area (TPSA) is 43.6 Å². The molecule has 0 unspecified atom stereocenters. The normalized spacial score (nSPS) is 11.9. The molecule has 3 aromatic rings. The molecule has 5 heteroatoms. The van der Waals surface area contributed by atoms with E-state index in [1.54, 1.807) is 13.2 Å². The van der Waals surface area contributed by atoms with E-state index in [9.17, 15) is 4.79 Å². The molecular formula is C19H20N2O2S. The van der Waals surface area contributed by atoms with E-state index in [1.165, 1.54) is 11.3 Å². The highest BCUT2D eigenvalue weighted by molar-refractivity contribution is 7.16. The van der Waals surface area contributed by atoms with Gasteiger partial charge in [-0.25, -0.2) is 0 Å². The molecule has 0 aliphatic carbocycles. The van der Waals surface area contributed by atoms with Crippen LogP contribution in [0.15, 0.2) is 47.5 Å². The fourth-order valence-electron chi connectivity index (χ4n) is 2.64. The van der Waals surface area contributed by atoms with Crippen molar-refractivity contribution in [2.24, 2.45) is 4.99 Å². The summed E-state index contributed by atoms with van der Waals surface area (Å²) in [6.45, 7) is 4.91. The van der Waals surface area contributed by atoms with Gasteiger partial charge >= 0.3 is 0 Å². The first-order chi connectivity index (χ1) is 11.6. The molecule has 0 radical (unpaired) electrons. The summed E-state index contributed by atoms with van der Waals surface area (Å²) in [6.07, 6.45) is 0.976. The molecule has 0 N–H and O–H groups in total. The summed E-state index contributed by atoms with van der Waals surface area (Å²) in [5.41, 5.74) is 2.75. The van der Waals surface area contributed by atoms with Crippen molar-refractivity contribution >= 4 is 27.5 Å². The number of benzene rings is 2. The second-order valence-corrected chi connectivity index (χ2v) is 6.67. The van der Waals surface area contributed by atoms with Crippen LogP contribution in [0.25, 0.3) is 10.2 Å². The van der Waals surface area contributed by atoms with E-state index in [0.717, 1.165) is 39.3 Å². The second kappa shape index (κ2) is 7.01. The van der Waals surface area contributed by atoms with E-state index < -0.39 is 0 Å². The van der Waals surface area contributed by atoms with E-state index in [-0.39, 0.29) is 5.91 Å². The predicted octanol–water partition coefficient (Wildman–Crippen LogP) is 4.17. The minimum Gasteiger partial charge on any atom is -0.497 e. The summed E-state index contributed by atoms with van der Waals surface area (Å²) in [5.74, 6) is 0.603. The zero-order valence-corrected chi connectivity index (χ0v) is 14.9. The monoisotopic (exact) mass is 340 g/mol. The molecule has 24 heavy (non-hydrogen) atoms. The first kappa shape index (κ1) is 16.5. The standard InChI is InChI=1S/C19H20N2O2S/c1-4-10-21-16-9-8-15(23-3)12-17(16)24-19(21)20-18(22)14-7-5-6-13(2)11-14/h5-9,11-12H,4,10H2,1-3H3. The molecule has 0 saturated heterocycles. The molecule has 0 aliphatic heterocycles. The maximum Gasteiger partial charge on any atom is 0.279 e. The van der Waals surface area contributed by atoms with Gasteiger partial charge in [0.15, 0.2) is 4.80 Å². The molecule has 1 aromatic heterocycles. The number of hydrogen-bond acceptors (Lipinski definition) is 3. The molecule has 0 bridgehead atoms. The lowest BCUT2D eigenvalue weighted by atomic mass is 10.1. The van der Waals surface area contributed by atoms with Crippen molar-refractivity contribution in [1.82, 2.24) is 4.57 Å². The smallest absolute Gasteiger partial charge is 0.279 e. The third-order valence-electron chi connectivity index (χ3n) is 3.80. The number of carbonyl (C=O) groups excluding carboxylic acids is 1. The van der Waals surface area contributed by atoms with Gasteiger partial charge in [-0.15, -0.1) is 0 Å². The van der Waals surface area contributed by atoms with Crippen molar-refractivity contribution < 1.29 is 9.53 Å². The fourth-order valence-corrected chi connectivity index (χ4v) is 3.72. The van der Waals surface area contributed by atoms with E-state index in [4.69, 9.17) is 4.74 Å². The molecule has 4 nitrogen and oxygen atoms in total. The number of aromatic nitrogens is 1. The second-order valence-electron chi connectivity index (χ2n) is 5.66. The number of ether oxygens (including phenoxy) is 1. The van der Waals surface area contributed by atoms with Gasteiger partial charge in [0.1, 0.15) is 5.75 Å². The Morgan fingerprint density at radius 2 is 2.08 bits per heavy atom. The Balaban J connectivity index is 2.13. The molecule has 1 amide bonds. The molecular weight excluding hydrogens is 320 g/mol. The Morgan fingerprint density at radius 1 is 1.25 bits per heavy atom. The maximum atomic E-state index is 12.5. The Labute approximate surface area is 145 Å². The van der Waals surface area contributed by atoms with E-state index >= 15 is 0 Å². The van der Waals surface area contributed by atoms with E-state index in [2.05, 4.69) is 16.5 Å². The number of aryl methyl sites for hydroxylation is 2.